The van der Waals surface area contributed by atoms with Gasteiger partial charge in [0.15, 0.2) is 0 Å². The first-order chi connectivity index (χ1) is 14.1. The van der Waals surface area contributed by atoms with Crippen molar-refractivity contribution in [3.63, 3.8) is 0 Å². The molecule has 6 nitrogen and oxygen atoms in total. The average Bonchev–Trinajstić information content (AvgIpc) is 3.22. The van der Waals surface area contributed by atoms with E-state index in [1.165, 1.54) is 24.0 Å². The summed E-state index contributed by atoms with van der Waals surface area (Å²) in [7, 11) is 0. The quantitative estimate of drug-likeness (QED) is 0.821. The fourth-order valence-electron chi connectivity index (χ4n) is 4.55. The Bertz CT molecular complexity index is 892. The lowest BCUT2D eigenvalue weighted by atomic mass is 9.91. The van der Waals surface area contributed by atoms with E-state index in [1.54, 1.807) is 6.07 Å². The Labute approximate surface area is 171 Å². The molecule has 2 aromatic rings. The van der Waals surface area contributed by atoms with Crippen LogP contribution in [-0.4, -0.2) is 47.9 Å². The van der Waals surface area contributed by atoms with E-state index < -0.39 is 6.03 Å². The maximum atomic E-state index is 13.4. The number of urea groups is 1. The van der Waals surface area contributed by atoms with Gasteiger partial charge in [-0.2, -0.15) is 0 Å². The number of nitrogens with one attached hydrogen (secondary N) is 1. The number of rotatable bonds is 5. The number of nitrogens with zero attached hydrogens (tertiary/aromatic N) is 2. The molecule has 2 aromatic carbocycles. The molecule has 3 amide bonds. The van der Waals surface area contributed by atoms with Gasteiger partial charge >= 0.3 is 6.03 Å². The number of fused-ring (bicyclic) bond motifs is 1. The molecule has 29 heavy (non-hydrogen) atoms. The van der Waals surface area contributed by atoms with Crippen LogP contribution >= 0.6 is 0 Å². The topological polar surface area (TPSA) is 78.7 Å². The smallest absolute Gasteiger partial charge is 0.316 e. The SMILES string of the molecule is NC(=O)Nc1ccccc1CC(=O)N1CCc2ccccc2C1CN1CCCC1. The van der Waals surface area contributed by atoms with Gasteiger partial charge in [0.25, 0.3) is 0 Å². The highest BCUT2D eigenvalue weighted by Gasteiger charge is 2.32. The van der Waals surface area contributed by atoms with Crippen molar-refractivity contribution in [3.8, 4) is 0 Å². The van der Waals surface area contributed by atoms with Crippen molar-refractivity contribution in [2.75, 3.05) is 31.5 Å². The van der Waals surface area contributed by atoms with Crippen molar-refractivity contribution < 1.29 is 9.59 Å². The summed E-state index contributed by atoms with van der Waals surface area (Å²) in [5, 5.41) is 2.63. The summed E-state index contributed by atoms with van der Waals surface area (Å²) in [5.74, 6) is 0.0856. The molecule has 6 heteroatoms. The van der Waals surface area contributed by atoms with Crippen molar-refractivity contribution in [1.82, 2.24) is 9.80 Å². The number of primary amides is 1. The van der Waals surface area contributed by atoms with Crippen LogP contribution in [0.25, 0.3) is 0 Å². The zero-order chi connectivity index (χ0) is 20.2. The van der Waals surface area contributed by atoms with Crippen LogP contribution in [0.1, 0.15) is 35.6 Å². The van der Waals surface area contributed by atoms with Gasteiger partial charge in [0.2, 0.25) is 5.91 Å². The first-order valence-corrected chi connectivity index (χ1v) is 10.4. The van der Waals surface area contributed by atoms with Crippen molar-refractivity contribution in [1.29, 1.82) is 0 Å². The van der Waals surface area contributed by atoms with Gasteiger partial charge in [-0.15, -0.1) is 0 Å². The van der Waals surface area contributed by atoms with Crippen LogP contribution in [0, 0.1) is 0 Å². The van der Waals surface area contributed by atoms with Crippen LogP contribution in [-0.2, 0) is 17.6 Å². The molecule has 1 unspecified atom stereocenters. The molecule has 0 aromatic heterocycles. The van der Waals surface area contributed by atoms with Gasteiger partial charge in [0, 0.05) is 18.8 Å². The van der Waals surface area contributed by atoms with Crippen LogP contribution in [0.3, 0.4) is 0 Å². The molecule has 0 saturated carbocycles. The Morgan fingerprint density at radius 3 is 2.52 bits per heavy atom. The standard InChI is InChI=1S/C23H28N4O2/c24-23(29)25-20-10-4-2-8-18(20)15-22(28)27-14-11-17-7-1-3-9-19(17)21(27)16-26-12-5-6-13-26/h1-4,7-10,21H,5-6,11-16H2,(H3,24,25,29). The van der Waals surface area contributed by atoms with Gasteiger partial charge in [-0.25, -0.2) is 4.79 Å². The number of hydrogen-bond acceptors (Lipinski definition) is 3. The second-order valence-electron chi connectivity index (χ2n) is 7.88. The molecule has 3 N–H and O–H groups in total. The zero-order valence-corrected chi connectivity index (χ0v) is 16.6. The lowest BCUT2D eigenvalue weighted by Gasteiger charge is -2.39. The number of carbonyl (C=O) groups excluding carboxylic acids is 2. The van der Waals surface area contributed by atoms with Crippen LogP contribution in [0.5, 0.6) is 0 Å². The second kappa shape index (κ2) is 8.66. The highest BCUT2D eigenvalue weighted by atomic mass is 16.2. The predicted molar refractivity (Wildman–Crippen MR) is 114 cm³/mol. The van der Waals surface area contributed by atoms with E-state index in [0.29, 0.717) is 5.69 Å². The average molecular weight is 393 g/mol. The van der Waals surface area contributed by atoms with E-state index in [1.807, 2.05) is 23.1 Å². The number of amides is 3. The Morgan fingerprint density at radius 1 is 1.00 bits per heavy atom. The van der Waals surface area contributed by atoms with Gasteiger partial charge in [0.05, 0.1) is 12.5 Å². The molecule has 2 heterocycles. The molecule has 1 fully saturated rings. The van der Waals surface area contributed by atoms with Gasteiger partial charge in [-0.1, -0.05) is 42.5 Å². The summed E-state index contributed by atoms with van der Waals surface area (Å²) in [4.78, 5) is 29.2. The van der Waals surface area contributed by atoms with Crippen LogP contribution < -0.4 is 11.1 Å². The largest absolute Gasteiger partial charge is 0.351 e. The molecule has 2 aliphatic rings. The van der Waals surface area contributed by atoms with Crippen LogP contribution in [0.15, 0.2) is 48.5 Å². The molecule has 0 radical (unpaired) electrons. The van der Waals surface area contributed by atoms with E-state index in [0.717, 1.165) is 38.2 Å². The summed E-state index contributed by atoms with van der Waals surface area (Å²) < 4.78 is 0. The molecular formula is C23H28N4O2. The highest BCUT2D eigenvalue weighted by molar-refractivity contribution is 5.90. The maximum Gasteiger partial charge on any atom is 0.316 e. The Balaban J connectivity index is 1.57. The Morgan fingerprint density at radius 2 is 1.72 bits per heavy atom. The molecule has 0 spiro atoms. The summed E-state index contributed by atoms with van der Waals surface area (Å²) >= 11 is 0. The van der Waals surface area contributed by atoms with E-state index in [4.69, 9.17) is 5.73 Å². The van der Waals surface area contributed by atoms with E-state index in [9.17, 15) is 9.59 Å². The third-order valence-electron chi connectivity index (χ3n) is 5.98. The monoisotopic (exact) mass is 392 g/mol. The molecule has 0 aliphatic carbocycles. The lowest BCUT2D eigenvalue weighted by Crippen LogP contribution is -2.45. The van der Waals surface area contributed by atoms with Gasteiger partial charge in [0.1, 0.15) is 0 Å². The number of anilines is 1. The fourth-order valence-corrected chi connectivity index (χ4v) is 4.55. The minimum absolute atomic E-state index is 0.0711. The summed E-state index contributed by atoms with van der Waals surface area (Å²) in [6.45, 7) is 3.81. The van der Waals surface area contributed by atoms with Gasteiger partial charge in [-0.05, 0) is 55.1 Å². The summed E-state index contributed by atoms with van der Waals surface area (Å²) in [5.41, 5.74) is 9.28. The molecule has 1 saturated heterocycles. The highest BCUT2D eigenvalue weighted by Crippen LogP contribution is 2.32. The Hall–Kier alpha value is -2.86. The molecule has 4 rings (SSSR count). The number of para-hydroxylation sites is 1. The Kier molecular flexibility index (Phi) is 5.81. The maximum absolute atomic E-state index is 13.4. The molecule has 0 bridgehead atoms. The van der Waals surface area contributed by atoms with E-state index in [-0.39, 0.29) is 18.4 Å². The molecular weight excluding hydrogens is 364 g/mol. The number of benzene rings is 2. The zero-order valence-electron chi connectivity index (χ0n) is 16.6. The van der Waals surface area contributed by atoms with Crippen molar-refractivity contribution >= 4 is 17.6 Å². The lowest BCUT2D eigenvalue weighted by molar-refractivity contribution is -0.133. The third kappa shape index (κ3) is 4.43. The number of nitrogens with two attached hydrogens (primary N) is 1. The van der Waals surface area contributed by atoms with E-state index in [2.05, 4.69) is 34.5 Å². The first kappa shape index (κ1) is 19.5. The van der Waals surface area contributed by atoms with Crippen molar-refractivity contribution in [2.45, 2.75) is 31.7 Å². The summed E-state index contributed by atoms with van der Waals surface area (Å²) in [6.07, 6.45) is 3.58. The molecule has 1 atom stereocenters. The fraction of sp³-hybridized carbons (Fsp3) is 0.391. The first-order valence-electron chi connectivity index (χ1n) is 10.4. The summed E-state index contributed by atoms with van der Waals surface area (Å²) in [6, 6.07) is 15.3. The number of carbonyl (C=O) groups is 2. The third-order valence-corrected chi connectivity index (χ3v) is 5.98. The van der Waals surface area contributed by atoms with Gasteiger partial charge in [-0.3, -0.25) is 4.79 Å². The molecule has 2 aliphatic heterocycles. The normalized spacial score (nSPS) is 19.0. The molecule has 152 valence electrons. The van der Waals surface area contributed by atoms with E-state index >= 15 is 0 Å². The number of hydrogen-bond donors (Lipinski definition) is 2. The van der Waals surface area contributed by atoms with Crippen LogP contribution in [0.4, 0.5) is 10.5 Å². The minimum Gasteiger partial charge on any atom is -0.351 e. The van der Waals surface area contributed by atoms with Crippen molar-refractivity contribution in [2.24, 2.45) is 5.73 Å². The number of likely N-dealkylation sites (tertiary alicyclic amines) is 1. The minimum atomic E-state index is -0.622. The van der Waals surface area contributed by atoms with Crippen LogP contribution in [0.2, 0.25) is 0 Å². The van der Waals surface area contributed by atoms with Gasteiger partial charge < -0.3 is 20.9 Å². The van der Waals surface area contributed by atoms with Crippen molar-refractivity contribution in [3.05, 3.63) is 65.2 Å². The second-order valence-corrected chi connectivity index (χ2v) is 7.88. The predicted octanol–water partition coefficient (Wildman–Crippen LogP) is 2.94.